The number of alkyl carbamates (subject to hydrolysis) is 1. The van der Waals surface area contributed by atoms with E-state index in [4.69, 9.17) is 13.9 Å². The molecule has 1 aliphatic carbocycles. The van der Waals surface area contributed by atoms with Gasteiger partial charge in [-0.1, -0.05) is 0 Å². The lowest BCUT2D eigenvalue weighted by molar-refractivity contribution is -0.151. The van der Waals surface area contributed by atoms with Gasteiger partial charge in [0.2, 0.25) is 5.54 Å². The predicted octanol–water partition coefficient (Wildman–Crippen LogP) is 2.89. The summed E-state index contributed by atoms with van der Waals surface area (Å²) in [5, 5.41) is 2.70. The first-order valence-electron chi connectivity index (χ1n) is 7.35. The predicted molar refractivity (Wildman–Crippen MR) is 79.2 cm³/mol. The third-order valence-corrected chi connectivity index (χ3v) is 3.52. The van der Waals surface area contributed by atoms with Crippen LogP contribution < -0.4 is 5.32 Å². The van der Waals surface area contributed by atoms with Crippen molar-refractivity contribution >= 4 is 12.1 Å². The third-order valence-electron chi connectivity index (χ3n) is 3.52. The van der Waals surface area contributed by atoms with Gasteiger partial charge in [0.05, 0.1) is 7.11 Å². The molecule has 0 unspecified atom stereocenters. The number of hydrogen-bond acceptors (Lipinski definition) is 5. The molecule has 2 rings (SSSR count). The third kappa shape index (κ3) is 3.26. The summed E-state index contributed by atoms with van der Waals surface area (Å²) in [6, 6.07) is 3.45. The molecule has 0 bridgehead atoms. The highest BCUT2D eigenvalue weighted by atomic mass is 16.6. The Balaban J connectivity index is 2.36. The van der Waals surface area contributed by atoms with E-state index < -0.39 is 23.2 Å². The van der Waals surface area contributed by atoms with Gasteiger partial charge in [-0.05, 0) is 52.7 Å². The van der Waals surface area contributed by atoms with Crippen molar-refractivity contribution in [1.82, 2.24) is 5.32 Å². The van der Waals surface area contributed by atoms with Crippen LogP contribution in [0.4, 0.5) is 4.79 Å². The Hall–Kier alpha value is -1.98. The monoisotopic (exact) mass is 309 g/mol. The van der Waals surface area contributed by atoms with Gasteiger partial charge in [-0.3, -0.25) is 5.32 Å². The molecule has 1 N–H and O–H groups in total. The fourth-order valence-electron chi connectivity index (χ4n) is 2.47. The van der Waals surface area contributed by atoms with Gasteiger partial charge in [0.1, 0.15) is 17.1 Å². The Bertz CT molecular complexity index is 567. The first-order chi connectivity index (χ1) is 10.2. The number of esters is 1. The second kappa shape index (κ2) is 5.66. The van der Waals surface area contributed by atoms with Crippen LogP contribution in [0, 0.1) is 12.8 Å². The maximum Gasteiger partial charge on any atom is 0.408 e. The largest absolute Gasteiger partial charge is 0.467 e. The number of carbonyl (C=O) groups excluding carboxylic acids is 2. The molecule has 22 heavy (non-hydrogen) atoms. The zero-order chi connectivity index (χ0) is 16.5. The van der Waals surface area contributed by atoms with E-state index in [2.05, 4.69) is 5.32 Å². The molecule has 1 fully saturated rings. The molecule has 6 nitrogen and oxygen atoms in total. The fourth-order valence-corrected chi connectivity index (χ4v) is 2.47. The quantitative estimate of drug-likeness (QED) is 0.865. The Morgan fingerprint density at radius 1 is 1.27 bits per heavy atom. The number of amides is 1. The van der Waals surface area contributed by atoms with Gasteiger partial charge in [-0.15, -0.1) is 0 Å². The van der Waals surface area contributed by atoms with E-state index in [1.54, 1.807) is 39.8 Å². The summed E-state index contributed by atoms with van der Waals surface area (Å²) in [5.74, 6) is 0.438. The van der Waals surface area contributed by atoms with E-state index in [-0.39, 0.29) is 5.92 Å². The minimum absolute atomic E-state index is 0.0574. The summed E-state index contributed by atoms with van der Waals surface area (Å²) in [7, 11) is 1.30. The van der Waals surface area contributed by atoms with Crippen molar-refractivity contribution in [3.63, 3.8) is 0 Å². The zero-order valence-corrected chi connectivity index (χ0v) is 13.7. The van der Waals surface area contributed by atoms with Crippen molar-refractivity contribution in [2.45, 2.75) is 51.7 Å². The molecular formula is C16H23NO5. The average Bonchev–Trinajstić information content (AvgIpc) is 3.15. The van der Waals surface area contributed by atoms with Crippen LogP contribution in [0.3, 0.4) is 0 Å². The van der Waals surface area contributed by atoms with Crippen molar-refractivity contribution in [3.05, 3.63) is 23.7 Å². The highest BCUT2D eigenvalue weighted by Gasteiger charge is 2.57. The van der Waals surface area contributed by atoms with Crippen LogP contribution in [0.25, 0.3) is 0 Å². The molecule has 6 heteroatoms. The topological polar surface area (TPSA) is 77.8 Å². The van der Waals surface area contributed by atoms with E-state index in [1.807, 2.05) is 0 Å². The van der Waals surface area contributed by atoms with Gasteiger partial charge in [-0.2, -0.15) is 0 Å². The number of aryl methyl sites for hydroxylation is 1. The summed E-state index contributed by atoms with van der Waals surface area (Å²) in [5.41, 5.74) is -1.99. The molecule has 0 saturated heterocycles. The summed E-state index contributed by atoms with van der Waals surface area (Å²) < 4.78 is 15.9. The van der Waals surface area contributed by atoms with E-state index in [1.165, 1.54) is 7.11 Å². The van der Waals surface area contributed by atoms with Crippen LogP contribution >= 0.6 is 0 Å². The highest BCUT2D eigenvalue weighted by molar-refractivity contribution is 5.87. The molecular weight excluding hydrogens is 286 g/mol. The first kappa shape index (κ1) is 16.4. The van der Waals surface area contributed by atoms with Crippen LogP contribution in [0.15, 0.2) is 16.5 Å². The van der Waals surface area contributed by atoms with Crippen molar-refractivity contribution in [1.29, 1.82) is 0 Å². The Morgan fingerprint density at radius 2 is 1.91 bits per heavy atom. The average molecular weight is 309 g/mol. The number of methoxy groups -OCH3 is 1. The van der Waals surface area contributed by atoms with Crippen molar-refractivity contribution < 1.29 is 23.5 Å². The van der Waals surface area contributed by atoms with E-state index >= 15 is 0 Å². The molecule has 1 atom stereocenters. The molecule has 1 amide bonds. The number of hydrogen-bond donors (Lipinski definition) is 1. The first-order valence-corrected chi connectivity index (χ1v) is 7.35. The van der Waals surface area contributed by atoms with Crippen molar-refractivity contribution in [3.8, 4) is 0 Å². The Labute approximate surface area is 130 Å². The fraction of sp³-hybridized carbons (Fsp3) is 0.625. The molecule has 0 radical (unpaired) electrons. The van der Waals surface area contributed by atoms with Crippen LogP contribution in [0.5, 0.6) is 0 Å². The maximum atomic E-state index is 12.5. The second-order valence-corrected chi connectivity index (χ2v) is 6.61. The molecule has 0 spiro atoms. The van der Waals surface area contributed by atoms with Gasteiger partial charge in [-0.25, -0.2) is 9.59 Å². The van der Waals surface area contributed by atoms with Gasteiger partial charge in [0, 0.05) is 5.92 Å². The normalized spacial score (nSPS) is 17.5. The number of furan rings is 1. The lowest BCUT2D eigenvalue weighted by Crippen LogP contribution is -2.55. The molecule has 0 aromatic carbocycles. The second-order valence-electron chi connectivity index (χ2n) is 6.61. The SMILES string of the molecule is COC(=O)[C@](NC(=O)OC(C)(C)C)(c1ccc(C)o1)C1CC1. The number of ether oxygens (including phenoxy) is 2. The van der Waals surface area contributed by atoms with Crippen molar-refractivity contribution in [2.24, 2.45) is 5.92 Å². The van der Waals surface area contributed by atoms with E-state index in [0.717, 1.165) is 12.8 Å². The lowest BCUT2D eigenvalue weighted by Gasteiger charge is -2.31. The van der Waals surface area contributed by atoms with E-state index in [9.17, 15) is 9.59 Å². The van der Waals surface area contributed by atoms with E-state index in [0.29, 0.717) is 11.5 Å². The summed E-state index contributed by atoms with van der Waals surface area (Å²) in [4.78, 5) is 24.7. The van der Waals surface area contributed by atoms with Gasteiger partial charge >= 0.3 is 12.1 Å². The summed E-state index contributed by atoms with van der Waals surface area (Å²) in [6.45, 7) is 7.08. The minimum atomic E-state index is -1.33. The minimum Gasteiger partial charge on any atom is -0.467 e. The molecule has 1 aliphatic rings. The van der Waals surface area contributed by atoms with Crippen molar-refractivity contribution in [2.75, 3.05) is 7.11 Å². The molecule has 0 aliphatic heterocycles. The van der Waals surface area contributed by atoms with Crippen LogP contribution in [0.1, 0.15) is 45.1 Å². The number of nitrogens with one attached hydrogen (secondary N) is 1. The zero-order valence-electron chi connectivity index (χ0n) is 13.7. The van der Waals surface area contributed by atoms with Gasteiger partial charge in [0.25, 0.3) is 0 Å². The summed E-state index contributed by atoms with van der Waals surface area (Å²) >= 11 is 0. The number of rotatable bonds is 4. The molecule has 1 heterocycles. The summed E-state index contributed by atoms with van der Waals surface area (Å²) in [6.07, 6.45) is 0.953. The van der Waals surface area contributed by atoms with Crippen LogP contribution in [-0.2, 0) is 19.8 Å². The van der Waals surface area contributed by atoms with Gasteiger partial charge < -0.3 is 13.9 Å². The maximum absolute atomic E-state index is 12.5. The van der Waals surface area contributed by atoms with Crippen LogP contribution in [0.2, 0.25) is 0 Å². The smallest absolute Gasteiger partial charge is 0.408 e. The molecule has 122 valence electrons. The number of carbonyl (C=O) groups is 2. The Morgan fingerprint density at radius 3 is 2.32 bits per heavy atom. The highest BCUT2D eigenvalue weighted by Crippen LogP contribution is 2.47. The standard InChI is InChI=1S/C16H23NO5/c1-10-6-9-12(21-10)16(11-7-8-11,13(18)20-5)17-14(19)22-15(2,3)4/h6,9,11H,7-8H2,1-5H3,(H,17,19)/t16-/m1/s1. The lowest BCUT2D eigenvalue weighted by atomic mass is 9.90. The molecule has 1 aromatic heterocycles. The Kier molecular flexibility index (Phi) is 4.22. The molecule has 1 aromatic rings. The van der Waals surface area contributed by atoms with Gasteiger partial charge in [0.15, 0.2) is 0 Å². The molecule has 1 saturated carbocycles. The van der Waals surface area contributed by atoms with Crippen LogP contribution in [-0.4, -0.2) is 24.8 Å².